The number of nitrogens with one attached hydrogen (secondary N) is 1. The van der Waals surface area contributed by atoms with Gasteiger partial charge in [0.2, 0.25) is 5.91 Å². The van der Waals surface area contributed by atoms with Gasteiger partial charge in [-0.2, -0.15) is 5.26 Å². The first kappa shape index (κ1) is 14.6. The predicted molar refractivity (Wildman–Crippen MR) is 84.2 cm³/mol. The van der Waals surface area contributed by atoms with E-state index in [2.05, 4.69) is 11.4 Å². The van der Waals surface area contributed by atoms with E-state index in [9.17, 15) is 4.79 Å². The van der Waals surface area contributed by atoms with Crippen molar-refractivity contribution in [3.8, 4) is 6.07 Å². The lowest BCUT2D eigenvalue weighted by molar-refractivity contribution is -0.114. The van der Waals surface area contributed by atoms with E-state index in [1.165, 1.54) is 0 Å². The van der Waals surface area contributed by atoms with Crippen LogP contribution in [0.1, 0.15) is 11.1 Å². The van der Waals surface area contributed by atoms with Gasteiger partial charge in [-0.1, -0.05) is 24.3 Å². The van der Waals surface area contributed by atoms with Crippen LogP contribution in [0.2, 0.25) is 0 Å². The standard InChI is InChI=1S/C17H17N3O/c1-13-6-5-8-15(10-13)19-17(21)12-20(2)16-9-4-3-7-14(16)11-18/h3-10H,12H2,1-2H3,(H,19,21). The number of aryl methyl sites for hydroxylation is 1. The maximum atomic E-state index is 12.1. The molecule has 0 atom stereocenters. The summed E-state index contributed by atoms with van der Waals surface area (Å²) in [7, 11) is 1.80. The number of nitrogens with zero attached hydrogens (tertiary/aromatic N) is 2. The van der Waals surface area contributed by atoms with E-state index < -0.39 is 0 Å². The molecule has 0 fully saturated rings. The fourth-order valence-corrected chi connectivity index (χ4v) is 2.12. The Morgan fingerprint density at radius 2 is 2.00 bits per heavy atom. The normalized spacial score (nSPS) is 9.76. The molecular weight excluding hydrogens is 262 g/mol. The summed E-state index contributed by atoms with van der Waals surface area (Å²) in [6, 6.07) is 17.0. The molecule has 0 saturated carbocycles. The fraction of sp³-hybridized carbons (Fsp3) is 0.176. The van der Waals surface area contributed by atoms with Gasteiger partial charge in [0.05, 0.1) is 17.8 Å². The Morgan fingerprint density at radius 3 is 2.71 bits per heavy atom. The number of anilines is 2. The third-order valence-corrected chi connectivity index (χ3v) is 3.12. The third kappa shape index (κ3) is 3.83. The number of benzene rings is 2. The number of rotatable bonds is 4. The zero-order chi connectivity index (χ0) is 15.2. The predicted octanol–water partition coefficient (Wildman–Crippen LogP) is 2.94. The van der Waals surface area contributed by atoms with Crippen molar-refractivity contribution < 1.29 is 4.79 Å². The smallest absolute Gasteiger partial charge is 0.243 e. The summed E-state index contributed by atoms with van der Waals surface area (Å²) >= 11 is 0. The second-order valence-electron chi connectivity index (χ2n) is 4.90. The zero-order valence-corrected chi connectivity index (χ0v) is 12.1. The highest BCUT2D eigenvalue weighted by molar-refractivity contribution is 5.94. The third-order valence-electron chi connectivity index (χ3n) is 3.12. The fourth-order valence-electron chi connectivity index (χ4n) is 2.12. The number of para-hydroxylation sites is 1. The summed E-state index contributed by atoms with van der Waals surface area (Å²) in [6.07, 6.45) is 0. The van der Waals surface area contributed by atoms with Crippen LogP contribution in [0.4, 0.5) is 11.4 Å². The molecule has 0 heterocycles. The van der Waals surface area contributed by atoms with E-state index in [0.717, 1.165) is 16.9 Å². The van der Waals surface area contributed by atoms with Gasteiger partial charge in [-0.05, 0) is 36.8 Å². The van der Waals surface area contributed by atoms with Crippen LogP contribution in [-0.2, 0) is 4.79 Å². The van der Waals surface area contributed by atoms with Crippen LogP contribution in [0.15, 0.2) is 48.5 Å². The molecule has 106 valence electrons. The van der Waals surface area contributed by atoms with E-state index in [1.54, 1.807) is 18.0 Å². The summed E-state index contributed by atoms with van der Waals surface area (Å²) in [5.74, 6) is -0.115. The molecule has 0 spiro atoms. The molecule has 4 nitrogen and oxygen atoms in total. The SMILES string of the molecule is Cc1cccc(NC(=O)CN(C)c2ccccc2C#N)c1. The molecule has 21 heavy (non-hydrogen) atoms. The molecule has 2 rings (SSSR count). The molecule has 2 aromatic rings. The molecule has 0 radical (unpaired) electrons. The van der Waals surface area contributed by atoms with Gasteiger partial charge in [-0.25, -0.2) is 0 Å². The van der Waals surface area contributed by atoms with Crippen LogP contribution in [0.25, 0.3) is 0 Å². The van der Waals surface area contributed by atoms with Crippen LogP contribution in [-0.4, -0.2) is 19.5 Å². The quantitative estimate of drug-likeness (QED) is 0.936. The summed E-state index contributed by atoms with van der Waals surface area (Å²) < 4.78 is 0. The van der Waals surface area contributed by atoms with Crippen LogP contribution >= 0.6 is 0 Å². The van der Waals surface area contributed by atoms with Crippen LogP contribution in [0.5, 0.6) is 0 Å². The van der Waals surface area contributed by atoms with Gasteiger partial charge in [0, 0.05) is 12.7 Å². The van der Waals surface area contributed by atoms with Crippen molar-refractivity contribution in [1.82, 2.24) is 0 Å². The van der Waals surface area contributed by atoms with E-state index >= 15 is 0 Å². The molecule has 0 aromatic heterocycles. The summed E-state index contributed by atoms with van der Waals surface area (Å²) in [4.78, 5) is 13.8. The molecule has 4 heteroatoms. The molecular formula is C17H17N3O. The first-order valence-electron chi connectivity index (χ1n) is 6.67. The number of carbonyl (C=O) groups excluding carboxylic acids is 1. The van der Waals surface area contributed by atoms with Gasteiger partial charge < -0.3 is 10.2 Å². The number of nitriles is 1. The molecule has 0 bridgehead atoms. The van der Waals surface area contributed by atoms with Crippen LogP contribution < -0.4 is 10.2 Å². The second kappa shape index (κ2) is 6.58. The number of hydrogen-bond acceptors (Lipinski definition) is 3. The van der Waals surface area contributed by atoms with Crippen molar-refractivity contribution in [3.05, 3.63) is 59.7 Å². The van der Waals surface area contributed by atoms with E-state index in [-0.39, 0.29) is 12.5 Å². The average molecular weight is 279 g/mol. The first-order chi connectivity index (χ1) is 10.1. The minimum absolute atomic E-state index is 0.115. The minimum Gasteiger partial charge on any atom is -0.364 e. The van der Waals surface area contributed by atoms with E-state index in [0.29, 0.717) is 5.56 Å². The van der Waals surface area contributed by atoms with E-state index in [1.807, 2.05) is 49.4 Å². The molecule has 0 aliphatic heterocycles. The first-order valence-corrected chi connectivity index (χ1v) is 6.67. The zero-order valence-electron chi connectivity index (χ0n) is 12.1. The van der Waals surface area contributed by atoms with Crippen molar-refractivity contribution in [2.24, 2.45) is 0 Å². The molecule has 0 unspecified atom stereocenters. The monoisotopic (exact) mass is 279 g/mol. The van der Waals surface area contributed by atoms with Gasteiger partial charge in [0.1, 0.15) is 6.07 Å². The second-order valence-corrected chi connectivity index (χ2v) is 4.90. The van der Waals surface area contributed by atoms with Gasteiger partial charge >= 0.3 is 0 Å². The average Bonchev–Trinajstić information content (AvgIpc) is 2.47. The Morgan fingerprint density at radius 1 is 1.24 bits per heavy atom. The number of carbonyl (C=O) groups is 1. The summed E-state index contributed by atoms with van der Waals surface area (Å²) in [5.41, 5.74) is 3.18. The number of amides is 1. The maximum Gasteiger partial charge on any atom is 0.243 e. The Labute approximate surface area is 124 Å². The number of likely N-dealkylation sites (N-methyl/N-ethyl adjacent to an activating group) is 1. The van der Waals surface area contributed by atoms with E-state index in [4.69, 9.17) is 5.26 Å². The minimum atomic E-state index is -0.115. The topological polar surface area (TPSA) is 56.1 Å². The van der Waals surface area contributed by atoms with Gasteiger partial charge in [-0.3, -0.25) is 4.79 Å². The van der Waals surface area contributed by atoms with Gasteiger partial charge in [-0.15, -0.1) is 0 Å². The Bertz CT molecular complexity index is 688. The van der Waals surface area contributed by atoms with Crippen LogP contribution in [0.3, 0.4) is 0 Å². The highest BCUT2D eigenvalue weighted by atomic mass is 16.2. The van der Waals surface area contributed by atoms with Crippen molar-refractivity contribution in [1.29, 1.82) is 5.26 Å². The largest absolute Gasteiger partial charge is 0.364 e. The molecule has 0 aliphatic rings. The molecule has 0 aliphatic carbocycles. The van der Waals surface area contributed by atoms with Crippen molar-refractivity contribution in [2.75, 3.05) is 23.8 Å². The Hall–Kier alpha value is -2.80. The summed E-state index contributed by atoms with van der Waals surface area (Å²) in [5, 5.41) is 11.9. The lowest BCUT2D eigenvalue weighted by Crippen LogP contribution is -2.30. The van der Waals surface area contributed by atoms with Crippen LogP contribution in [0, 0.1) is 18.3 Å². The maximum absolute atomic E-state index is 12.1. The summed E-state index contributed by atoms with van der Waals surface area (Å²) in [6.45, 7) is 2.16. The highest BCUT2D eigenvalue weighted by Gasteiger charge is 2.11. The molecule has 1 amide bonds. The lowest BCUT2D eigenvalue weighted by Gasteiger charge is -2.19. The number of hydrogen-bond donors (Lipinski definition) is 1. The molecule has 2 aromatic carbocycles. The Kier molecular flexibility index (Phi) is 4.57. The molecule has 1 N–H and O–H groups in total. The lowest BCUT2D eigenvalue weighted by atomic mass is 10.2. The molecule has 0 saturated heterocycles. The Balaban J connectivity index is 2.04. The highest BCUT2D eigenvalue weighted by Crippen LogP contribution is 2.18. The van der Waals surface area contributed by atoms with Crippen molar-refractivity contribution in [3.63, 3.8) is 0 Å². The van der Waals surface area contributed by atoms with Crippen molar-refractivity contribution >= 4 is 17.3 Å². The van der Waals surface area contributed by atoms with Gasteiger partial charge in [0.15, 0.2) is 0 Å². The van der Waals surface area contributed by atoms with Gasteiger partial charge in [0.25, 0.3) is 0 Å². The van der Waals surface area contributed by atoms with Crippen molar-refractivity contribution in [2.45, 2.75) is 6.92 Å².